The zero-order valence-electron chi connectivity index (χ0n) is 28.1. The summed E-state index contributed by atoms with van der Waals surface area (Å²) in [4.78, 5) is 66.5. The largest absolute Gasteiger partial charge is 0.357 e. The average Bonchev–Trinajstić information content (AvgIpc) is 3.41. The van der Waals surface area contributed by atoms with Gasteiger partial charge in [-0.1, -0.05) is 17.9 Å². The van der Waals surface area contributed by atoms with Crippen LogP contribution in [0.25, 0.3) is 10.9 Å². The SMILES string of the molecule is CN1CC2(CC2)CC1c1cc2cnc(NC(=O)c3ccc(CCCCC#Cc4cccc5c4CN(C4CCC(=O)NC4=O)C5=O)nc3)cc2[nH]1. The van der Waals surface area contributed by atoms with Crippen molar-refractivity contribution in [3.8, 4) is 11.8 Å². The molecule has 1 aliphatic carbocycles. The van der Waals surface area contributed by atoms with Crippen LogP contribution in [0.4, 0.5) is 5.82 Å². The quantitative estimate of drug-likeness (QED) is 0.138. The van der Waals surface area contributed by atoms with Crippen LogP contribution >= 0.6 is 0 Å². The molecule has 0 radical (unpaired) electrons. The van der Waals surface area contributed by atoms with Gasteiger partial charge in [-0.3, -0.25) is 34.4 Å². The van der Waals surface area contributed by atoms with Gasteiger partial charge in [0.25, 0.3) is 11.8 Å². The number of pyridine rings is 2. The molecule has 1 spiro atoms. The lowest BCUT2D eigenvalue weighted by atomic mass is 10.0. The number of imide groups is 1. The molecule has 2 unspecified atom stereocenters. The number of aromatic nitrogens is 3. The van der Waals surface area contributed by atoms with Crippen LogP contribution in [0.15, 0.2) is 54.9 Å². The molecule has 11 heteroatoms. The van der Waals surface area contributed by atoms with Gasteiger partial charge in [0.15, 0.2) is 0 Å². The smallest absolute Gasteiger partial charge is 0.258 e. The summed E-state index contributed by atoms with van der Waals surface area (Å²) in [6.45, 7) is 1.47. The molecule has 3 aliphatic heterocycles. The molecule has 11 nitrogen and oxygen atoms in total. The van der Waals surface area contributed by atoms with Gasteiger partial charge in [0.05, 0.1) is 17.1 Å². The van der Waals surface area contributed by atoms with Gasteiger partial charge in [0.2, 0.25) is 11.8 Å². The Balaban J connectivity index is 0.813. The van der Waals surface area contributed by atoms with Gasteiger partial charge < -0.3 is 15.2 Å². The van der Waals surface area contributed by atoms with Crippen molar-refractivity contribution >= 4 is 40.3 Å². The molecule has 4 aliphatic rings. The van der Waals surface area contributed by atoms with Gasteiger partial charge in [-0.15, -0.1) is 0 Å². The Morgan fingerprint density at radius 3 is 2.72 bits per heavy atom. The number of aryl methyl sites for hydroxylation is 1. The van der Waals surface area contributed by atoms with Crippen LogP contribution in [-0.2, 0) is 22.6 Å². The molecular formula is C39H39N7O4. The molecule has 8 rings (SSSR count). The van der Waals surface area contributed by atoms with Crippen molar-refractivity contribution in [1.82, 2.24) is 30.1 Å². The number of aromatic amines is 1. The minimum atomic E-state index is -0.644. The van der Waals surface area contributed by atoms with Crippen LogP contribution in [0, 0.1) is 17.3 Å². The van der Waals surface area contributed by atoms with Gasteiger partial charge in [0.1, 0.15) is 11.9 Å². The molecule has 2 saturated heterocycles. The number of hydrogen-bond donors (Lipinski definition) is 3. The van der Waals surface area contributed by atoms with Crippen LogP contribution in [0.3, 0.4) is 0 Å². The second-order valence-electron chi connectivity index (χ2n) is 14.2. The Hall–Kier alpha value is -5.34. The van der Waals surface area contributed by atoms with E-state index in [1.165, 1.54) is 25.0 Å². The fourth-order valence-electron chi connectivity index (χ4n) is 7.73. The first-order valence-electron chi connectivity index (χ1n) is 17.5. The number of nitrogens with one attached hydrogen (secondary N) is 3. The Labute approximate surface area is 290 Å². The number of piperidine rings is 1. The van der Waals surface area contributed by atoms with E-state index in [4.69, 9.17) is 0 Å². The maximum absolute atomic E-state index is 13.1. The van der Waals surface area contributed by atoms with Crippen molar-refractivity contribution in [3.63, 3.8) is 0 Å². The highest BCUT2D eigenvalue weighted by Crippen LogP contribution is 2.58. The van der Waals surface area contributed by atoms with E-state index in [9.17, 15) is 19.2 Å². The molecule has 1 aromatic carbocycles. The molecule has 3 fully saturated rings. The molecule has 6 heterocycles. The van der Waals surface area contributed by atoms with E-state index in [1.807, 2.05) is 30.5 Å². The first-order valence-corrected chi connectivity index (χ1v) is 17.5. The Morgan fingerprint density at radius 1 is 1.06 bits per heavy atom. The van der Waals surface area contributed by atoms with Crippen LogP contribution in [0.2, 0.25) is 0 Å². The van der Waals surface area contributed by atoms with Gasteiger partial charge in [0, 0.05) is 72.3 Å². The molecule has 254 valence electrons. The maximum Gasteiger partial charge on any atom is 0.258 e. The van der Waals surface area contributed by atoms with Crippen LogP contribution in [0.1, 0.15) is 101 Å². The number of benzene rings is 1. The summed E-state index contributed by atoms with van der Waals surface area (Å²) in [5, 5.41) is 6.29. The number of amides is 4. The maximum atomic E-state index is 13.1. The number of rotatable bonds is 8. The predicted octanol–water partition coefficient (Wildman–Crippen LogP) is 4.89. The lowest BCUT2D eigenvalue weighted by Crippen LogP contribution is -2.52. The number of hydrogen-bond acceptors (Lipinski definition) is 7. The van der Waals surface area contributed by atoms with Crippen molar-refractivity contribution in [2.45, 2.75) is 76.4 Å². The third-order valence-electron chi connectivity index (χ3n) is 10.7. The molecule has 3 N–H and O–H groups in total. The second kappa shape index (κ2) is 12.8. The highest BCUT2D eigenvalue weighted by Gasteiger charge is 2.51. The number of likely N-dealkylation sites (tertiary alicyclic amines) is 1. The van der Waals surface area contributed by atoms with Gasteiger partial charge in [-0.05, 0) is 93.3 Å². The van der Waals surface area contributed by atoms with Gasteiger partial charge in [-0.2, -0.15) is 0 Å². The highest BCUT2D eigenvalue weighted by molar-refractivity contribution is 6.06. The van der Waals surface area contributed by atoms with E-state index in [1.54, 1.807) is 23.2 Å². The van der Waals surface area contributed by atoms with E-state index in [2.05, 4.69) is 55.4 Å². The van der Waals surface area contributed by atoms with E-state index in [0.717, 1.165) is 53.5 Å². The van der Waals surface area contributed by atoms with E-state index in [0.29, 0.717) is 47.8 Å². The molecule has 1 saturated carbocycles. The third-order valence-corrected chi connectivity index (χ3v) is 10.7. The van der Waals surface area contributed by atoms with Crippen molar-refractivity contribution in [2.75, 3.05) is 18.9 Å². The first kappa shape index (κ1) is 31.9. The average molecular weight is 670 g/mol. The standard InChI is InChI=1S/C39H39N7O4/c1-45-23-39(15-16-39)19-33(45)31-17-26-21-41-34(18-30(26)42-31)43-36(48)25-11-12-27(40-20-25)9-5-3-2-4-7-24-8-6-10-28-29(24)22-46(38(28)50)32-13-14-35(47)44-37(32)49/h6,8,10-12,17-18,20-21,32-33,42H,2-3,5,9,13-16,19,22-23H2,1H3,(H,41,43,48)(H,44,47,49). The fraction of sp³-hybridized carbons (Fsp3) is 0.385. The molecule has 4 amide bonds. The van der Waals surface area contributed by atoms with E-state index >= 15 is 0 Å². The molecule has 50 heavy (non-hydrogen) atoms. The number of nitrogens with zero attached hydrogens (tertiary/aromatic N) is 4. The zero-order valence-corrected chi connectivity index (χ0v) is 28.1. The number of carbonyl (C=O) groups is 4. The zero-order chi connectivity index (χ0) is 34.4. The summed E-state index contributed by atoms with van der Waals surface area (Å²) >= 11 is 0. The fourth-order valence-corrected chi connectivity index (χ4v) is 7.73. The molecule has 0 bridgehead atoms. The van der Waals surface area contributed by atoms with Crippen molar-refractivity contribution in [3.05, 3.63) is 88.5 Å². The van der Waals surface area contributed by atoms with Gasteiger partial charge in [-0.25, -0.2) is 4.98 Å². The molecule has 4 aromatic rings. The second-order valence-corrected chi connectivity index (χ2v) is 14.2. The van der Waals surface area contributed by atoms with Crippen LogP contribution in [0.5, 0.6) is 0 Å². The minimum absolute atomic E-state index is 0.198. The monoisotopic (exact) mass is 669 g/mol. The number of H-pyrrole nitrogens is 1. The summed E-state index contributed by atoms with van der Waals surface area (Å²) in [5.41, 5.74) is 6.26. The third kappa shape index (κ3) is 6.27. The number of unbranched alkanes of at least 4 members (excludes halogenated alkanes) is 2. The lowest BCUT2D eigenvalue weighted by molar-refractivity contribution is -0.136. The van der Waals surface area contributed by atoms with Crippen LogP contribution in [-0.4, -0.2) is 68.0 Å². The van der Waals surface area contributed by atoms with Crippen molar-refractivity contribution < 1.29 is 19.2 Å². The summed E-state index contributed by atoms with van der Waals surface area (Å²) in [5.74, 6) is 5.79. The number of fused-ring (bicyclic) bond motifs is 2. The Bertz CT molecular complexity index is 2090. The Morgan fingerprint density at radius 2 is 1.94 bits per heavy atom. The van der Waals surface area contributed by atoms with Gasteiger partial charge >= 0.3 is 0 Å². The topological polar surface area (TPSA) is 140 Å². The summed E-state index contributed by atoms with van der Waals surface area (Å²) in [7, 11) is 2.20. The summed E-state index contributed by atoms with van der Waals surface area (Å²) in [6.07, 6.45) is 11.0. The first-order chi connectivity index (χ1) is 24.2. The predicted molar refractivity (Wildman–Crippen MR) is 187 cm³/mol. The molecule has 3 aromatic heterocycles. The summed E-state index contributed by atoms with van der Waals surface area (Å²) < 4.78 is 0. The van der Waals surface area contributed by atoms with E-state index in [-0.39, 0.29) is 24.1 Å². The lowest BCUT2D eigenvalue weighted by Gasteiger charge is -2.29. The minimum Gasteiger partial charge on any atom is -0.357 e. The highest BCUT2D eigenvalue weighted by atomic mass is 16.2. The summed E-state index contributed by atoms with van der Waals surface area (Å²) in [6, 6.07) is 13.0. The van der Waals surface area contributed by atoms with Crippen molar-refractivity contribution in [1.29, 1.82) is 0 Å². The van der Waals surface area contributed by atoms with Crippen LogP contribution < -0.4 is 10.6 Å². The normalized spacial score (nSPS) is 20.9. The molecular weight excluding hydrogens is 630 g/mol. The number of carbonyl (C=O) groups excluding carboxylic acids is 4. The number of anilines is 1. The Kier molecular flexibility index (Phi) is 8.19. The van der Waals surface area contributed by atoms with Crippen molar-refractivity contribution in [2.24, 2.45) is 5.41 Å². The molecule has 2 atom stereocenters. The van der Waals surface area contributed by atoms with E-state index < -0.39 is 11.9 Å².